The Morgan fingerprint density at radius 1 is 1.13 bits per heavy atom. The summed E-state index contributed by atoms with van der Waals surface area (Å²) in [5.74, 6) is -0.420. The van der Waals surface area contributed by atoms with Gasteiger partial charge in [0, 0.05) is 30.4 Å². The third-order valence-corrected chi connectivity index (χ3v) is 5.02. The molecule has 0 aliphatic carbocycles. The number of benzene rings is 2. The number of carbonyl (C=O) groups excluding carboxylic acids is 1. The third-order valence-electron chi connectivity index (χ3n) is 5.02. The fourth-order valence-electron chi connectivity index (χ4n) is 3.67. The van der Waals surface area contributed by atoms with E-state index >= 15 is 0 Å². The van der Waals surface area contributed by atoms with E-state index in [1.54, 1.807) is 17.2 Å². The zero-order valence-electron chi connectivity index (χ0n) is 16.4. The van der Waals surface area contributed by atoms with Crippen LogP contribution in [-0.4, -0.2) is 22.2 Å². The highest BCUT2D eigenvalue weighted by Gasteiger charge is 2.31. The van der Waals surface area contributed by atoms with E-state index in [-0.39, 0.29) is 18.2 Å². The van der Waals surface area contributed by atoms with Gasteiger partial charge in [0.05, 0.1) is 0 Å². The lowest BCUT2D eigenvalue weighted by molar-refractivity contribution is -0.274. The maximum Gasteiger partial charge on any atom is 0.573 e. The van der Waals surface area contributed by atoms with Gasteiger partial charge < -0.3 is 9.64 Å². The van der Waals surface area contributed by atoms with Gasteiger partial charge in [-0.1, -0.05) is 18.2 Å². The van der Waals surface area contributed by atoms with Crippen molar-refractivity contribution in [2.24, 2.45) is 0 Å². The van der Waals surface area contributed by atoms with Gasteiger partial charge in [-0.3, -0.25) is 4.79 Å². The first-order chi connectivity index (χ1) is 14.7. The summed E-state index contributed by atoms with van der Waals surface area (Å²) in [5, 5.41) is 8.90. The van der Waals surface area contributed by atoms with Crippen molar-refractivity contribution in [3.63, 3.8) is 0 Å². The van der Waals surface area contributed by atoms with Gasteiger partial charge in [-0.2, -0.15) is 5.26 Å². The Labute approximate surface area is 176 Å². The monoisotopic (exact) mass is 423 g/mol. The minimum absolute atomic E-state index is 0.118. The highest BCUT2D eigenvalue weighted by molar-refractivity contribution is 6.00. The van der Waals surface area contributed by atoms with E-state index in [2.05, 4.69) is 9.72 Å². The summed E-state index contributed by atoms with van der Waals surface area (Å²) in [7, 11) is 0. The molecule has 1 aliphatic heterocycles. The smallest absolute Gasteiger partial charge is 0.406 e. The van der Waals surface area contributed by atoms with Crippen LogP contribution < -0.4 is 4.74 Å². The zero-order chi connectivity index (χ0) is 22.2. The Morgan fingerprint density at radius 2 is 1.87 bits per heavy atom. The first-order valence-corrected chi connectivity index (χ1v) is 9.37. The van der Waals surface area contributed by atoms with Crippen LogP contribution in [0.1, 0.15) is 32.7 Å². The van der Waals surface area contributed by atoms with E-state index in [1.807, 2.05) is 31.2 Å². The molecule has 0 fully saturated rings. The number of aryl methyl sites for hydroxylation is 1. The molecule has 0 bridgehead atoms. The molecule has 0 unspecified atom stereocenters. The van der Waals surface area contributed by atoms with Crippen LogP contribution in [0, 0.1) is 18.3 Å². The second-order valence-corrected chi connectivity index (χ2v) is 7.22. The number of hydrogen-bond donors (Lipinski definition) is 0. The van der Waals surface area contributed by atoms with Crippen molar-refractivity contribution in [1.82, 2.24) is 9.88 Å². The number of nitrogens with zero attached hydrogens (tertiary/aromatic N) is 3. The van der Waals surface area contributed by atoms with E-state index in [4.69, 9.17) is 5.26 Å². The molecule has 0 spiro atoms. The average molecular weight is 423 g/mol. The van der Waals surface area contributed by atoms with Gasteiger partial charge in [0.25, 0.3) is 5.91 Å². The largest absolute Gasteiger partial charge is 0.573 e. The van der Waals surface area contributed by atoms with E-state index in [9.17, 15) is 18.0 Å². The number of carbonyl (C=O) groups is 1. The third kappa shape index (κ3) is 4.36. The number of amides is 1. The SMILES string of the molecule is Cc1cc(-c2ccc(C#N)nc2)cc2c1C(=O)N(Cc1ccc(OC(F)(F)F)cc1)C2. The molecular formula is C23H16F3N3O2. The summed E-state index contributed by atoms with van der Waals surface area (Å²) in [6.45, 7) is 2.53. The van der Waals surface area contributed by atoms with Crippen LogP contribution in [0.25, 0.3) is 11.1 Å². The number of aromatic nitrogens is 1. The molecule has 1 aliphatic rings. The topological polar surface area (TPSA) is 66.2 Å². The van der Waals surface area contributed by atoms with Crippen LogP contribution in [-0.2, 0) is 13.1 Å². The highest BCUT2D eigenvalue weighted by Crippen LogP contribution is 2.32. The van der Waals surface area contributed by atoms with Gasteiger partial charge in [-0.05, 0) is 59.5 Å². The second kappa shape index (κ2) is 7.76. The molecule has 8 heteroatoms. The van der Waals surface area contributed by atoms with Crippen molar-refractivity contribution < 1.29 is 22.7 Å². The maximum absolute atomic E-state index is 12.9. The van der Waals surface area contributed by atoms with E-state index < -0.39 is 6.36 Å². The molecule has 0 atom stereocenters. The Morgan fingerprint density at radius 3 is 2.48 bits per heavy atom. The van der Waals surface area contributed by atoms with Gasteiger partial charge in [-0.15, -0.1) is 13.2 Å². The second-order valence-electron chi connectivity index (χ2n) is 7.22. The molecular weight excluding hydrogens is 407 g/mol. The van der Waals surface area contributed by atoms with E-state index in [0.717, 1.165) is 22.3 Å². The zero-order valence-corrected chi connectivity index (χ0v) is 16.4. The summed E-state index contributed by atoms with van der Waals surface area (Å²) in [6, 6.07) is 14.8. The number of rotatable bonds is 4. The predicted octanol–water partition coefficient (Wildman–Crippen LogP) is 4.98. The number of ether oxygens (including phenoxy) is 1. The lowest BCUT2D eigenvalue weighted by Crippen LogP contribution is -2.23. The van der Waals surface area contributed by atoms with Gasteiger partial charge in [0.2, 0.25) is 0 Å². The summed E-state index contributed by atoms with van der Waals surface area (Å²) in [6.07, 6.45) is -3.12. The number of nitriles is 1. The molecule has 156 valence electrons. The van der Waals surface area contributed by atoms with Crippen molar-refractivity contribution in [3.05, 3.63) is 82.7 Å². The molecule has 1 aromatic heterocycles. The quantitative estimate of drug-likeness (QED) is 0.594. The number of pyridine rings is 1. The van der Waals surface area contributed by atoms with Crippen molar-refractivity contribution in [1.29, 1.82) is 5.26 Å². The summed E-state index contributed by atoms with van der Waals surface area (Å²) in [4.78, 5) is 18.7. The fraction of sp³-hybridized carbons (Fsp3) is 0.174. The molecule has 1 amide bonds. The van der Waals surface area contributed by atoms with E-state index in [0.29, 0.717) is 23.4 Å². The van der Waals surface area contributed by atoms with Crippen LogP contribution in [0.15, 0.2) is 54.7 Å². The van der Waals surface area contributed by atoms with Crippen molar-refractivity contribution in [3.8, 4) is 22.9 Å². The van der Waals surface area contributed by atoms with Crippen LogP contribution in [0.5, 0.6) is 5.75 Å². The Balaban J connectivity index is 1.53. The molecule has 31 heavy (non-hydrogen) atoms. The molecule has 4 rings (SSSR count). The van der Waals surface area contributed by atoms with Crippen LogP contribution >= 0.6 is 0 Å². The minimum Gasteiger partial charge on any atom is -0.406 e. The van der Waals surface area contributed by atoms with Gasteiger partial charge in [-0.25, -0.2) is 4.98 Å². The molecule has 2 aromatic carbocycles. The molecule has 3 aromatic rings. The lowest BCUT2D eigenvalue weighted by Gasteiger charge is -2.16. The lowest BCUT2D eigenvalue weighted by atomic mass is 9.97. The summed E-state index contributed by atoms with van der Waals surface area (Å²) < 4.78 is 40.8. The molecule has 2 heterocycles. The standard InChI is InChI=1S/C23H16F3N3O2/c1-14-8-17(16-4-5-19(10-27)28-11-16)9-18-13-29(22(30)21(14)18)12-15-2-6-20(7-3-15)31-23(24,25)26/h2-9,11H,12-13H2,1H3. The van der Waals surface area contributed by atoms with Gasteiger partial charge >= 0.3 is 6.36 Å². The molecule has 0 saturated heterocycles. The summed E-state index contributed by atoms with van der Waals surface area (Å²) in [5.41, 5.74) is 5.12. The van der Waals surface area contributed by atoms with Crippen LogP contribution in [0.3, 0.4) is 0 Å². The molecule has 5 nitrogen and oxygen atoms in total. The van der Waals surface area contributed by atoms with Crippen LogP contribution in [0.2, 0.25) is 0 Å². The molecule has 0 N–H and O–H groups in total. The van der Waals surface area contributed by atoms with Crippen molar-refractivity contribution >= 4 is 5.91 Å². The van der Waals surface area contributed by atoms with Gasteiger partial charge in [0.1, 0.15) is 17.5 Å². The molecule has 0 saturated carbocycles. The maximum atomic E-state index is 12.9. The molecule has 0 radical (unpaired) electrons. The summed E-state index contributed by atoms with van der Waals surface area (Å²) >= 11 is 0. The normalized spacial score (nSPS) is 13.1. The number of halogens is 3. The number of fused-ring (bicyclic) bond motifs is 1. The Bertz CT molecular complexity index is 1180. The first kappa shape index (κ1) is 20.4. The first-order valence-electron chi connectivity index (χ1n) is 9.37. The minimum atomic E-state index is -4.74. The fourth-order valence-corrected chi connectivity index (χ4v) is 3.67. The Hall–Kier alpha value is -3.86. The average Bonchev–Trinajstić information content (AvgIpc) is 3.04. The van der Waals surface area contributed by atoms with Crippen molar-refractivity contribution in [2.45, 2.75) is 26.4 Å². The highest BCUT2D eigenvalue weighted by atomic mass is 19.4. The predicted molar refractivity (Wildman–Crippen MR) is 106 cm³/mol. The van der Waals surface area contributed by atoms with Crippen LogP contribution in [0.4, 0.5) is 13.2 Å². The number of alkyl halides is 3. The van der Waals surface area contributed by atoms with Crippen molar-refractivity contribution in [2.75, 3.05) is 0 Å². The number of hydrogen-bond acceptors (Lipinski definition) is 4. The van der Waals surface area contributed by atoms with Gasteiger partial charge in [0.15, 0.2) is 0 Å². The van der Waals surface area contributed by atoms with E-state index in [1.165, 1.54) is 24.3 Å². The Kier molecular flexibility index (Phi) is 5.11.